The van der Waals surface area contributed by atoms with Crippen LogP contribution in [-0.4, -0.2) is 31.9 Å². The van der Waals surface area contributed by atoms with Crippen molar-refractivity contribution in [3.05, 3.63) is 82.9 Å². The summed E-state index contributed by atoms with van der Waals surface area (Å²) in [7, 11) is 1.65. The number of amidine groups is 1. The zero-order valence-electron chi connectivity index (χ0n) is 18.8. The minimum Gasteiger partial charge on any atom is -0.497 e. The second-order valence-electron chi connectivity index (χ2n) is 7.31. The van der Waals surface area contributed by atoms with E-state index in [1.807, 2.05) is 62.4 Å². The van der Waals surface area contributed by atoms with Crippen LogP contribution >= 0.6 is 0 Å². The zero-order valence-corrected chi connectivity index (χ0v) is 18.8. The third kappa shape index (κ3) is 4.44. The first-order valence-electron chi connectivity index (χ1n) is 10.7. The number of hydrogen-bond acceptors (Lipinski definition) is 6. The number of benzene rings is 3. The molecule has 0 aliphatic carbocycles. The van der Waals surface area contributed by atoms with Crippen molar-refractivity contribution in [3.8, 4) is 17.2 Å². The first kappa shape index (κ1) is 21.4. The van der Waals surface area contributed by atoms with Crippen LogP contribution in [0, 0.1) is 6.92 Å². The molecular formula is C26H27N3O3. The molecule has 1 N–H and O–H groups in total. The molecule has 0 bridgehead atoms. The molecule has 0 atom stereocenters. The molecule has 0 saturated carbocycles. The second kappa shape index (κ2) is 9.56. The largest absolute Gasteiger partial charge is 0.497 e. The summed E-state index contributed by atoms with van der Waals surface area (Å²) < 4.78 is 16.8. The maximum atomic E-state index is 5.84. The van der Waals surface area contributed by atoms with Crippen LogP contribution in [0.4, 0.5) is 5.69 Å². The quantitative estimate of drug-likeness (QED) is 0.558. The van der Waals surface area contributed by atoms with E-state index in [1.165, 1.54) is 0 Å². The Hall–Kier alpha value is -3.80. The predicted molar refractivity (Wildman–Crippen MR) is 128 cm³/mol. The number of fused-ring (bicyclic) bond motifs is 1. The number of rotatable bonds is 7. The van der Waals surface area contributed by atoms with E-state index in [4.69, 9.17) is 24.3 Å². The van der Waals surface area contributed by atoms with E-state index in [1.54, 1.807) is 7.11 Å². The lowest BCUT2D eigenvalue weighted by Crippen LogP contribution is -2.19. The molecule has 6 nitrogen and oxygen atoms in total. The van der Waals surface area contributed by atoms with Crippen LogP contribution in [0.2, 0.25) is 0 Å². The Kier molecular flexibility index (Phi) is 6.40. The van der Waals surface area contributed by atoms with Crippen molar-refractivity contribution < 1.29 is 14.2 Å². The van der Waals surface area contributed by atoms with E-state index in [-0.39, 0.29) is 0 Å². The molecule has 1 aliphatic heterocycles. The molecule has 1 heterocycles. The number of hydrogen-bond donors (Lipinski definition) is 1. The minimum absolute atomic E-state index is 0.550. The third-order valence-electron chi connectivity index (χ3n) is 5.09. The van der Waals surface area contributed by atoms with Crippen molar-refractivity contribution >= 4 is 17.2 Å². The molecule has 0 unspecified atom stereocenters. The van der Waals surface area contributed by atoms with E-state index >= 15 is 0 Å². The summed E-state index contributed by atoms with van der Waals surface area (Å²) in [6.07, 6.45) is 0. The van der Waals surface area contributed by atoms with Gasteiger partial charge in [-0.25, -0.2) is 4.99 Å². The van der Waals surface area contributed by atoms with Gasteiger partial charge in [0.1, 0.15) is 11.5 Å². The molecule has 0 fully saturated rings. The van der Waals surface area contributed by atoms with Crippen LogP contribution in [0.1, 0.15) is 36.1 Å². The highest BCUT2D eigenvalue weighted by Crippen LogP contribution is 2.32. The normalized spacial score (nSPS) is 12.6. The van der Waals surface area contributed by atoms with Crippen LogP contribution in [0.15, 0.2) is 70.8 Å². The molecule has 0 spiro atoms. The Morgan fingerprint density at radius 1 is 0.812 bits per heavy atom. The van der Waals surface area contributed by atoms with Crippen LogP contribution in [-0.2, 0) is 0 Å². The lowest BCUT2D eigenvalue weighted by atomic mass is 9.98. The Labute approximate surface area is 188 Å². The molecule has 3 aromatic carbocycles. The van der Waals surface area contributed by atoms with Gasteiger partial charge >= 0.3 is 0 Å². The van der Waals surface area contributed by atoms with Crippen LogP contribution < -0.4 is 19.6 Å². The highest BCUT2D eigenvalue weighted by atomic mass is 16.5. The maximum absolute atomic E-state index is 5.84. The summed E-state index contributed by atoms with van der Waals surface area (Å²) in [5, 5.41) is 4.76. The van der Waals surface area contributed by atoms with Crippen molar-refractivity contribution in [3.63, 3.8) is 0 Å². The number of methoxy groups -OCH3 is 1. The molecule has 0 aromatic heterocycles. The molecule has 0 radical (unpaired) electrons. The molecule has 32 heavy (non-hydrogen) atoms. The van der Waals surface area contributed by atoms with Gasteiger partial charge in [0.05, 0.1) is 26.0 Å². The van der Waals surface area contributed by atoms with Gasteiger partial charge in [0.15, 0.2) is 17.3 Å². The van der Waals surface area contributed by atoms with E-state index in [2.05, 4.69) is 24.5 Å². The standard InChI is InChI=1S/C26H27N3O3/c1-5-31-23-14-10-19(16-24(23)32-6-2)25-21-15-17(3)7-13-22(21)27-26(29-28-25)18-8-11-20(30-4)12-9-18/h7-16H,5-6H2,1-4H3,(H,27,29). The lowest BCUT2D eigenvalue weighted by molar-refractivity contribution is 0.287. The average molecular weight is 430 g/mol. The first-order valence-corrected chi connectivity index (χ1v) is 10.7. The predicted octanol–water partition coefficient (Wildman–Crippen LogP) is 5.23. The van der Waals surface area contributed by atoms with Gasteiger partial charge in [0, 0.05) is 16.7 Å². The topological polar surface area (TPSA) is 64.4 Å². The monoisotopic (exact) mass is 429 g/mol. The highest BCUT2D eigenvalue weighted by molar-refractivity contribution is 6.18. The molecular weight excluding hydrogens is 402 g/mol. The molecule has 3 aromatic rings. The SMILES string of the molecule is CCOc1ccc(C2=NNC(c3ccc(OC)cc3)=Nc3ccc(C)cc32)cc1OCC. The lowest BCUT2D eigenvalue weighted by Gasteiger charge is -2.14. The van der Waals surface area contributed by atoms with E-state index in [0.29, 0.717) is 24.8 Å². The summed E-state index contributed by atoms with van der Waals surface area (Å²) >= 11 is 0. The first-order chi connectivity index (χ1) is 15.6. The molecule has 0 saturated heterocycles. The fraction of sp³-hybridized carbons (Fsp3) is 0.231. The van der Waals surface area contributed by atoms with E-state index in [9.17, 15) is 0 Å². The Morgan fingerprint density at radius 3 is 2.25 bits per heavy atom. The van der Waals surface area contributed by atoms with Crippen LogP contribution in [0.5, 0.6) is 17.2 Å². The van der Waals surface area contributed by atoms with Gasteiger partial charge in [-0.1, -0.05) is 11.6 Å². The summed E-state index contributed by atoms with van der Waals surface area (Å²) in [6.45, 7) is 7.10. The van der Waals surface area contributed by atoms with Gasteiger partial charge in [-0.05, 0) is 75.4 Å². The van der Waals surface area contributed by atoms with Crippen molar-refractivity contribution in [2.45, 2.75) is 20.8 Å². The fourth-order valence-corrected chi connectivity index (χ4v) is 3.55. The second-order valence-corrected chi connectivity index (χ2v) is 7.31. The fourth-order valence-electron chi connectivity index (χ4n) is 3.55. The molecule has 4 rings (SSSR count). The van der Waals surface area contributed by atoms with Crippen LogP contribution in [0.3, 0.4) is 0 Å². The Morgan fingerprint density at radius 2 is 1.53 bits per heavy atom. The van der Waals surface area contributed by atoms with Gasteiger partial charge < -0.3 is 14.2 Å². The zero-order chi connectivity index (χ0) is 22.5. The van der Waals surface area contributed by atoms with E-state index in [0.717, 1.165) is 45.2 Å². The molecule has 0 amide bonds. The highest BCUT2D eigenvalue weighted by Gasteiger charge is 2.19. The Balaban J connectivity index is 1.80. The number of aliphatic imine (C=N–C) groups is 1. The third-order valence-corrected chi connectivity index (χ3v) is 5.09. The summed E-state index contributed by atoms with van der Waals surface area (Å²) in [5.41, 5.74) is 8.73. The maximum Gasteiger partial charge on any atom is 0.161 e. The number of aryl methyl sites for hydroxylation is 1. The number of nitrogens with zero attached hydrogens (tertiary/aromatic N) is 2. The number of nitrogens with one attached hydrogen (secondary N) is 1. The molecule has 164 valence electrons. The van der Waals surface area contributed by atoms with Crippen molar-refractivity contribution in [1.29, 1.82) is 0 Å². The van der Waals surface area contributed by atoms with Gasteiger partial charge in [0.25, 0.3) is 0 Å². The minimum atomic E-state index is 0.550. The van der Waals surface area contributed by atoms with Crippen LogP contribution in [0.25, 0.3) is 0 Å². The average Bonchev–Trinajstić information content (AvgIpc) is 3.00. The van der Waals surface area contributed by atoms with Gasteiger partial charge in [-0.15, -0.1) is 0 Å². The Bertz CT molecular complexity index is 1170. The van der Waals surface area contributed by atoms with Gasteiger partial charge in [0.2, 0.25) is 0 Å². The van der Waals surface area contributed by atoms with Gasteiger partial charge in [-0.3, -0.25) is 5.43 Å². The summed E-state index contributed by atoms with van der Waals surface area (Å²) in [4.78, 5) is 4.88. The van der Waals surface area contributed by atoms with Crippen molar-refractivity contribution in [1.82, 2.24) is 5.43 Å². The summed E-state index contributed by atoms with van der Waals surface area (Å²) in [6, 6.07) is 19.8. The number of hydrazone groups is 1. The van der Waals surface area contributed by atoms with Crippen molar-refractivity contribution in [2.75, 3.05) is 20.3 Å². The van der Waals surface area contributed by atoms with Crippen molar-refractivity contribution in [2.24, 2.45) is 10.1 Å². The summed E-state index contributed by atoms with van der Waals surface area (Å²) in [5.74, 6) is 2.88. The molecule has 1 aliphatic rings. The smallest absolute Gasteiger partial charge is 0.161 e. The molecule has 6 heteroatoms. The van der Waals surface area contributed by atoms with E-state index < -0.39 is 0 Å². The van der Waals surface area contributed by atoms with Gasteiger partial charge in [-0.2, -0.15) is 5.10 Å². The number of ether oxygens (including phenoxy) is 3.